The van der Waals surface area contributed by atoms with E-state index in [0.717, 1.165) is 18.4 Å². The van der Waals surface area contributed by atoms with Crippen LogP contribution in [-0.4, -0.2) is 36.2 Å². The minimum absolute atomic E-state index is 0.226. The molecule has 6 heteroatoms. The zero-order valence-electron chi connectivity index (χ0n) is 20.9. The van der Waals surface area contributed by atoms with Crippen molar-refractivity contribution >= 4 is 17.9 Å². The Bertz CT molecular complexity index is 664. The summed E-state index contributed by atoms with van der Waals surface area (Å²) >= 11 is 0. The summed E-state index contributed by atoms with van der Waals surface area (Å²) in [4.78, 5) is 36.7. The Morgan fingerprint density at radius 2 is 1.56 bits per heavy atom. The molecule has 0 aliphatic carbocycles. The third kappa shape index (κ3) is 15.4. The van der Waals surface area contributed by atoms with Crippen molar-refractivity contribution in [1.82, 2.24) is 0 Å². The quantitative estimate of drug-likeness (QED) is 0.108. The Balaban J connectivity index is 4.35. The predicted molar refractivity (Wildman–Crippen MR) is 127 cm³/mol. The van der Waals surface area contributed by atoms with E-state index in [1.165, 1.54) is 0 Å². The zero-order valence-corrected chi connectivity index (χ0v) is 20.9. The van der Waals surface area contributed by atoms with Crippen LogP contribution in [0.2, 0.25) is 0 Å². The van der Waals surface area contributed by atoms with Gasteiger partial charge in [-0.15, -0.1) is 0 Å². The molecule has 32 heavy (non-hydrogen) atoms. The second-order valence-corrected chi connectivity index (χ2v) is 8.93. The molecule has 0 amide bonds. The van der Waals surface area contributed by atoms with E-state index in [0.29, 0.717) is 25.7 Å². The molecule has 0 aromatic rings. The van der Waals surface area contributed by atoms with E-state index in [-0.39, 0.29) is 18.7 Å². The van der Waals surface area contributed by atoms with Crippen LogP contribution in [0, 0.1) is 5.92 Å². The number of allylic oxidation sites excluding steroid dienone is 4. The lowest BCUT2D eigenvalue weighted by Gasteiger charge is -2.23. The fourth-order valence-corrected chi connectivity index (χ4v) is 2.74. The summed E-state index contributed by atoms with van der Waals surface area (Å²) in [6, 6.07) is 0. The molecule has 0 aromatic heterocycles. The molecule has 1 atom stereocenters. The van der Waals surface area contributed by atoms with Crippen LogP contribution in [-0.2, 0) is 28.6 Å². The molecule has 0 N–H and O–H groups in total. The SMILES string of the molecule is C\C=C/C=C\C(=C/C)COC(=O)CCCCCCC(C(=O)OC(C)C)C(=O)OC(C)(C)C. The van der Waals surface area contributed by atoms with E-state index in [1.807, 2.05) is 44.2 Å². The lowest BCUT2D eigenvalue weighted by molar-refractivity contribution is -0.171. The summed E-state index contributed by atoms with van der Waals surface area (Å²) in [5.41, 5.74) is 0.279. The Morgan fingerprint density at radius 1 is 0.906 bits per heavy atom. The van der Waals surface area contributed by atoms with Crippen molar-refractivity contribution in [3.05, 3.63) is 36.0 Å². The van der Waals surface area contributed by atoms with Crippen molar-refractivity contribution in [3.8, 4) is 0 Å². The molecule has 0 aliphatic heterocycles. The van der Waals surface area contributed by atoms with E-state index >= 15 is 0 Å². The summed E-state index contributed by atoms with van der Waals surface area (Å²) < 4.78 is 15.9. The average molecular weight is 451 g/mol. The minimum atomic E-state index is -0.920. The first kappa shape index (κ1) is 29.6. The fourth-order valence-electron chi connectivity index (χ4n) is 2.74. The molecule has 0 aliphatic rings. The Labute approximate surface area is 194 Å². The van der Waals surface area contributed by atoms with E-state index in [1.54, 1.807) is 34.6 Å². The van der Waals surface area contributed by atoms with Crippen molar-refractivity contribution in [1.29, 1.82) is 0 Å². The molecule has 0 bridgehead atoms. The van der Waals surface area contributed by atoms with Crippen molar-refractivity contribution in [2.24, 2.45) is 5.92 Å². The molecule has 0 heterocycles. The van der Waals surface area contributed by atoms with Gasteiger partial charge in [0.05, 0.1) is 6.10 Å². The summed E-state index contributed by atoms with van der Waals surface area (Å²) in [6.45, 7) is 12.9. The van der Waals surface area contributed by atoms with Gasteiger partial charge in [0.1, 0.15) is 12.2 Å². The molecule has 0 radical (unpaired) electrons. The van der Waals surface area contributed by atoms with Crippen molar-refractivity contribution in [2.75, 3.05) is 6.61 Å². The molecular weight excluding hydrogens is 408 g/mol. The Kier molecular flexibility index (Phi) is 15.1. The molecule has 1 unspecified atom stereocenters. The third-order valence-electron chi connectivity index (χ3n) is 4.34. The number of rotatable bonds is 14. The monoisotopic (exact) mass is 450 g/mol. The number of unbranched alkanes of at least 4 members (excludes halogenated alkanes) is 3. The maximum absolute atomic E-state index is 12.4. The summed E-state index contributed by atoms with van der Waals surface area (Å²) in [5, 5.41) is 0. The smallest absolute Gasteiger partial charge is 0.320 e. The highest BCUT2D eigenvalue weighted by Crippen LogP contribution is 2.19. The van der Waals surface area contributed by atoms with Crippen LogP contribution in [0.1, 0.15) is 87.0 Å². The van der Waals surface area contributed by atoms with Gasteiger partial charge in [-0.2, -0.15) is 0 Å². The molecule has 0 spiro atoms. The number of hydrogen-bond donors (Lipinski definition) is 0. The second-order valence-electron chi connectivity index (χ2n) is 8.93. The summed E-state index contributed by atoms with van der Waals surface area (Å²) in [6.07, 6.45) is 13.0. The lowest BCUT2D eigenvalue weighted by atomic mass is 10.00. The van der Waals surface area contributed by atoms with Gasteiger partial charge in [-0.3, -0.25) is 14.4 Å². The van der Waals surface area contributed by atoms with E-state index in [9.17, 15) is 14.4 Å². The highest BCUT2D eigenvalue weighted by molar-refractivity contribution is 5.95. The van der Waals surface area contributed by atoms with Crippen molar-refractivity contribution in [3.63, 3.8) is 0 Å². The first-order chi connectivity index (χ1) is 15.0. The van der Waals surface area contributed by atoms with Crippen LogP contribution in [0.4, 0.5) is 0 Å². The van der Waals surface area contributed by atoms with Gasteiger partial charge in [0.15, 0.2) is 5.92 Å². The van der Waals surface area contributed by atoms with Crippen LogP contribution < -0.4 is 0 Å². The predicted octanol–water partition coefficient (Wildman–Crippen LogP) is 5.86. The van der Waals surface area contributed by atoms with Gasteiger partial charge < -0.3 is 14.2 Å². The maximum Gasteiger partial charge on any atom is 0.320 e. The van der Waals surface area contributed by atoms with Gasteiger partial charge in [0, 0.05) is 6.42 Å². The molecule has 0 saturated carbocycles. The highest BCUT2D eigenvalue weighted by Gasteiger charge is 2.32. The van der Waals surface area contributed by atoms with Crippen molar-refractivity contribution < 1.29 is 28.6 Å². The van der Waals surface area contributed by atoms with Crippen LogP contribution in [0.3, 0.4) is 0 Å². The Morgan fingerprint density at radius 3 is 2.12 bits per heavy atom. The highest BCUT2D eigenvalue weighted by atomic mass is 16.6. The number of carbonyl (C=O) groups is 3. The van der Waals surface area contributed by atoms with Crippen LogP contribution >= 0.6 is 0 Å². The topological polar surface area (TPSA) is 78.9 Å². The van der Waals surface area contributed by atoms with Crippen LogP contribution in [0.5, 0.6) is 0 Å². The van der Waals surface area contributed by atoms with Gasteiger partial charge in [-0.1, -0.05) is 49.6 Å². The number of carbonyl (C=O) groups excluding carboxylic acids is 3. The average Bonchev–Trinajstić information content (AvgIpc) is 2.67. The van der Waals surface area contributed by atoms with Gasteiger partial charge in [0.2, 0.25) is 0 Å². The molecular formula is C26H42O6. The normalized spacial score (nSPS) is 13.6. The lowest BCUT2D eigenvalue weighted by Crippen LogP contribution is -2.34. The number of hydrogen-bond acceptors (Lipinski definition) is 6. The minimum Gasteiger partial charge on any atom is -0.462 e. The summed E-state index contributed by atoms with van der Waals surface area (Å²) in [5.74, 6) is -2.23. The maximum atomic E-state index is 12.4. The number of ether oxygens (including phenoxy) is 3. The fraction of sp³-hybridized carbons (Fsp3) is 0.654. The molecule has 182 valence electrons. The van der Waals surface area contributed by atoms with Gasteiger partial charge in [0.25, 0.3) is 0 Å². The number of esters is 3. The molecule has 0 aromatic carbocycles. The van der Waals surface area contributed by atoms with Gasteiger partial charge >= 0.3 is 17.9 Å². The van der Waals surface area contributed by atoms with Crippen LogP contribution in [0.15, 0.2) is 36.0 Å². The van der Waals surface area contributed by atoms with Gasteiger partial charge in [-0.25, -0.2) is 0 Å². The zero-order chi connectivity index (χ0) is 24.6. The van der Waals surface area contributed by atoms with Crippen LogP contribution in [0.25, 0.3) is 0 Å². The first-order valence-corrected chi connectivity index (χ1v) is 11.5. The molecule has 0 fully saturated rings. The summed E-state index contributed by atoms with van der Waals surface area (Å²) in [7, 11) is 0. The third-order valence-corrected chi connectivity index (χ3v) is 4.34. The van der Waals surface area contributed by atoms with E-state index in [2.05, 4.69) is 0 Å². The first-order valence-electron chi connectivity index (χ1n) is 11.5. The van der Waals surface area contributed by atoms with Gasteiger partial charge in [-0.05, 0) is 66.9 Å². The standard InChI is InChI=1S/C26H42O6/c1-8-10-13-16-21(9-2)19-30-23(27)18-15-12-11-14-17-22(24(28)31-20(3)4)25(29)32-26(5,6)7/h8-10,13,16,20,22H,11-12,14-15,17-19H2,1-7H3/b10-8-,16-13-,21-9+. The molecule has 0 saturated heterocycles. The largest absolute Gasteiger partial charge is 0.462 e. The van der Waals surface area contributed by atoms with Crippen molar-refractivity contribution in [2.45, 2.75) is 98.7 Å². The molecule has 0 rings (SSSR count). The Hall–Kier alpha value is -2.37. The second kappa shape index (κ2) is 16.3. The van der Waals surface area contributed by atoms with E-state index < -0.39 is 23.5 Å². The van der Waals surface area contributed by atoms with E-state index in [4.69, 9.17) is 14.2 Å². The molecule has 6 nitrogen and oxygen atoms in total.